The van der Waals surface area contributed by atoms with Crippen molar-refractivity contribution in [2.75, 3.05) is 31.7 Å². The van der Waals surface area contributed by atoms with Gasteiger partial charge in [-0.2, -0.15) is 4.37 Å². The number of amides is 2. The number of aromatic nitrogens is 2. The van der Waals surface area contributed by atoms with E-state index in [9.17, 15) is 9.59 Å². The van der Waals surface area contributed by atoms with E-state index < -0.39 is 0 Å². The number of aryl methyl sites for hydroxylation is 1. The van der Waals surface area contributed by atoms with Crippen LogP contribution in [-0.4, -0.2) is 60.1 Å². The Morgan fingerprint density at radius 1 is 1.14 bits per heavy atom. The van der Waals surface area contributed by atoms with E-state index >= 15 is 0 Å². The number of nitrogens with one attached hydrogen (secondary N) is 2. The monoisotopic (exact) mass is 495 g/mol. The molecule has 2 atom stereocenters. The van der Waals surface area contributed by atoms with E-state index in [1.807, 2.05) is 31.2 Å². The van der Waals surface area contributed by atoms with Crippen molar-refractivity contribution in [2.45, 2.75) is 25.6 Å². The highest BCUT2D eigenvalue weighted by molar-refractivity contribution is 7.09. The molecule has 3 aliphatic heterocycles. The highest BCUT2D eigenvalue weighted by atomic mass is 32.1. The lowest BCUT2D eigenvalue weighted by molar-refractivity contribution is -0.123. The molecule has 4 heterocycles. The maximum atomic E-state index is 13.2. The van der Waals surface area contributed by atoms with Crippen LogP contribution in [0.2, 0.25) is 0 Å². The van der Waals surface area contributed by atoms with E-state index in [-0.39, 0.29) is 30.6 Å². The van der Waals surface area contributed by atoms with E-state index in [0.29, 0.717) is 48.3 Å². The molecule has 1 aromatic heterocycles. The molecule has 0 unspecified atom stereocenters. The van der Waals surface area contributed by atoms with Gasteiger partial charge in [0, 0.05) is 30.2 Å². The Balaban J connectivity index is 1.46. The standard InChI is InChI=1S/C24H25N5O5S/c1-14-26-24(35-28-14)29-11-18-21(12-29)34-17-6-3-15(4-7-17)10-25-22(30)13-33-20-9-16(23(31)27-18)5-8-19(20)32-2/h3-9,18,21H,10-13H2,1-2H3,(H,25,30)(H,27,31)/t18-,21-/m0/s1. The number of nitrogens with zero attached hydrogens (tertiary/aromatic N) is 3. The van der Waals surface area contributed by atoms with Crippen molar-refractivity contribution in [3.63, 3.8) is 0 Å². The van der Waals surface area contributed by atoms with Crippen LogP contribution in [-0.2, 0) is 11.3 Å². The van der Waals surface area contributed by atoms with Crippen molar-refractivity contribution in [3.05, 3.63) is 59.4 Å². The van der Waals surface area contributed by atoms with Crippen LogP contribution >= 0.6 is 11.5 Å². The van der Waals surface area contributed by atoms with Crippen LogP contribution in [0.4, 0.5) is 5.13 Å². The quantitative estimate of drug-likeness (QED) is 0.554. The summed E-state index contributed by atoms with van der Waals surface area (Å²) in [7, 11) is 1.51. The molecule has 3 aromatic rings. The number of rotatable bonds is 2. The largest absolute Gasteiger partial charge is 0.493 e. The molecule has 35 heavy (non-hydrogen) atoms. The molecule has 11 heteroatoms. The molecule has 1 saturated heterocycles. The second kappa shape index (κ2) is 9.79. The van der Waals surface area contributed by atoms with Gasteiger partial charge in [-0.05, 0) is 42.8 Å². The number of anilines is 1. The number of benzene rings is 2. The third-order valence-corrected chi connectivity index (χ3v) is 6.72. The highest BCUT2D eigenvalue weighted by Crippen LogP contribution is 2.29. The molecule has 1 fully saturated rings. The molecule has 2 N–H and O–H groups in total. The highest BCUT2D eigenvalue weighted by Gasteiger charge is 2.37. The Hall–Kier alpha value is -3.86. The lowest BCUT2D eigenvalue weighted by Crippen LogP contribution is -2.45. The summed E-state index contributed by atoms with van der Waals surface area (Å²) in [6.45, 7) is 3.08. The van der Waals surface area contributed by atoms with Crippen LogP contribution in [0.15, 0.2) is 42.5 Å². The van der Waals surface area contributed by atoms with Crippen LogP contribution in [0.5, 0.6) is 17.2 Å². The Labute approximate surface area is 206 Å². The zero-order valence-corrected chi connectivity index (χ0v) is 20.1. The first-order valence-corrected chi connectivity index (χ1v) is 11.9. The van der Waals surface area contributed by atoms with E-state index in [0.717, 1.165) is 10.7 Å². The second-order valence-corrected chi connectivity index (χ2v) is 9.07. The third-order valence-electron chi connectivity index (χ3n) is 5.86. The molecule has 0 spiro atoms. The average molecular weight is 496 g/mol. The summed E-state index contributed by atoms with van der Waals surface area (Å²) in [5.74, 6) is 1.57. The lowest BCUT2D eigenvalue weighted by atomic mass is 10.1. The Bertz CT molecular complexity index is 1230. The van der Waals surface area contributed by atoms with Crippen LogP contribution in [0, 0.1) is 6.92 Å². The smallest absolute Gasteiger partial charge is 0.258 e. The molecule has 10 nitrogen and oxygen atoms in total. The van der Waals surface area contributed by atoms with Gasteiger partial charge in [-0.1, -0.05) is 12.1 Å². The van der Waals surface area contributed by atoms with Gasteiger partial charge in [0.2, 0.25) is 5.13 Å². The summed E-state index contributed by atoms with van der Waals surface area (Å²) in [5.41, 5.74) is 1.32. The summed E-state index contributed by atoms with van der Waals surface area (Å²) in [4.78, 5) is 32.1. The van der Waals surface area contributed by atoms with Crippen molar-refractivity contribution in [2.24, 2.45) is 0 Å². The predicted octanol–water partition coefficient (Wildman–Crippen LogP) is 1.93. The molecule has 3 aliphatic rings. The van der Waals surface area contributed by atoms with Gasteiger partial charge in [0.1, 0.15) is 17.7 Å². The second-order valence-electron chi connectivity index (χ2n) is 8.34. The van der Waals surface area contributed by atoms with Crippen molar-refractivity contribution in [3.8, 4) is 17.2 Å². The number of hydrogen-bond acceptors (Lipinski definition) is 9. The molecule has 6 rings (SSSR count). The van der Waals surface area contributed by atoms with Gasteiger partial charge in [0.05, 0.1) is 19.7 Å². The van der Waals surface area contributed by atoms with Gasteiger partial charge >= 0.3 is 0 Å². The van der Waals surface area contributed by atoms with Crippen LogP contribution in [0.1, 0.15) is 21.7 Å². The minimum absolute atomic E-state index is 0.205. The number of hydrogen-bond donors (Lipinski definition) is 2. The number of fused-ring (bicyclic) bond motifs is 7. The zero-order valence-electron chi connectivity index (χ0n) is 19.3. The fourth-order valence-electron chi connectivity index (χ4n) is 4.04. The van der Waals surface area contributed by atoms with Crippen LogP contribution in [0.25, 0.3) is 0 Å². The Morgan fingerprint density at radius 2 is 1.97 bits per heavy atom. The molecule has 4 bridgehead atoms. The van der Waals surface area contributed by atoms with E-state index in [4.69, 9.17) is 14.2 Å². The third kappa shape index (κ3) is 5.14. The van der Waals surface area contributed by atoms with Crippen molar-refractivity contribution >= 4 is 28.5 Å². The first-order chi connectivity index (χ1) is 17.0. The first-order valence-electron chi connectivity index (χ1n) is 11.2. The lowest BCUT2D eigenvalue weighted by Gasteiger charge is -2.21. The van der Waals surface area contributed by atoms with Gasteiger partial charge in [-0.3, -0.25) is 9.59 Å². The molecule has 182 valence electrons. The first kappa shape index (κ1) is 22.9. The van der Waals surface area contributed by atoms with E-state index in [1.165, 1.54) is 18.6 Å². The molecule has 2 amide bonds. The average Bonchev–Trinajstić information content (AvgIpc) is 3.47. The normalized spacial score (nSPS) is 20.2. The van der Waals surface area contributed by atoms with Gasteiger partial charge in [-0.25, -0.2) is 4.98 Å². The van der Waals surface area contributed by atoms with Crippen LogP contribution < -0.4 is 29.7 Å². The number of carbonyl (C=O) groups excluding carboxylic acids is 2. The summed E-state index contributed by atoms with van der Waals surface area (Å²) in [6, 6.07) is 12.1. The number of carbonyl (C=O) groups is 2. The molecule has 0 aliphatic carbocycles. The molecule has 0 radical (unpaired) electrons. The van der Waals surface area contributed by atoms with Crippen molar-refractivity contribution in [1.82, 2.24) is 20.0 Å². The molecule has 0 saturated carbocycles. The summed E-state index contributed by atoms with van der Waals surface area (Å²) >= 11 is 1.33. The van der Waals surface area contributed by atoms with Gasteiger partial charge < -0.3 is 29.7 Å². The molecule has 2 aromatic carbocycles. The fraction of sp³-hybridized carbons (Fsp3) is 0.333. The van der Waals surface area contributed by atoms with Crippen molar-refractivity contribution in [1.29, 1.82) is 0 Å². The SMILES string of the molecule is COc1ccc2cc1OCC(=O)NCc1ccc(cc1)O[C@H]1CN(c3nc(C)ns3)C[C@@H]1NC2=O. The van der Waals surface area contributed by atoms with Crippen LogP contribution in [0.3, 0.4) is 0 Å². The maximum Gasteiger partial charge on any atom is 0.258 e. The summed E-state index contributed by atoms with van der Waals surface area (Å²) < 4.78 is 21.6. The zero-order chi connectivity index (χ0) is 24.4. The van der Waals surface area contributed by atoms with E-state index in [1.54, 1.807) is 18.2 Å². The minimum atomic E-state index is -0.307. The molecular weight excluding hydrogens is 470 g/mol. The van der Waals surface area contributed by atoms with Crippen molar-refractivity contribution < 1.29 is 23.8 Å². The predicted molar refractivity (Wildman–Crippen MR) is 129 cm³/mol. The number of ether oxygens (including phenoxy) is 3. The Kier molecular flexibility index (Phi) is 6.41. The fourth-order valence-corrected chi connectivity index (χ4v) is 4.73. The van der Waals surface area contributed by atoms with Gasteiger partial charge in [-0.15, -0.1) is 0 Å². The minimum Gasteiger partial charge on any atom is -0.493 e. The number of methoxy groups -OCH3 is 1. The topological polar surface area (TPSA) is 115 Å². The van der Waals surface area contributed by atoms with Gasteiger partial charge in [0.25, 0.3) is 11.8 Å². The summed E-state index contributed by atoms with van der Waals surface area (Å²) in [6.07, 6.45) is -0.307. The van der Waals surface area contributed by atoms with Gasteiger partial charge in [0.15, 0.2) is 18.1 Å². The maximum absolute atomic E-state index is 13.2. The molecular formula is C24H25N5O5S. The summed E-state index contributed by atoms with van der Waals surface area (Å²) in [5, 5.41) is 6.72. The van der Waals surface area contributed by atoms with E-state index in [2.05, 4.69) is 24.9 Å². The Morgan fingerprint density at radius 3 is 2.71 bits per heavy atom.